The number of anilines is 1. The predicted molar refractivity (Wildman–Crippen MR) is 142 cm³/mol. The van der Waals surface area contributed by atoms with Crippen molar-refractivity contribution in [2.24, 2.45) is 0 Å². The Morgan fingerprint density at radius 3 is 2.81 bits per heavy atom. The van der Waals surface area contributed by atoms with Gasteiger partial charge in [0.1, 0.15) is 10.7 Å². The number of aryl methyl sites for hydroxylation is 1. The van der Waals surface area contributed by atoms with Gasteiger partial charge in [0.2, 0.25) is 0 Å². The number of carbonyl (C=O) groups is 2. The molecule has 0 unspecified atom stereocenters. The lowest BCUT2D eigenvalue weighted by molar-refractivity contribution is 0.0660. The molecule has 2 aliphatic rings. The summed E-state index contributed by atoms with van der Waals surface area (Å²) in [5.41, 5.74) is 2.85. The van der Waals surface area contributed by atoms with Crippen LogP contribution >= 0.6 is 11.3 Å². The van der Waals surface area contributed by atoms with Gasteiger partial charge in [0, 0.05) is 61.4 Å². The highest BCUT2D eigenvalue weighted by molar-refractivity contribution is 7.13. The summed E-state index contributed by atoms with van der Waals surface area (Å²) in [5, 5.41) is 13.0. The summed E-state index contributed by atoms with van der Waals surface area (Å²) in [5.74, 6) is -0.673. The van der Waals surface area contributed by atoms with Crippen LogP contribution in [0, 0.1) is 0 Å². The Bertz CT molecular complexity index is 1250. The molecule has 0 atom stereocenters. The van der Waals surface area contributed by atoms with Gasteiger partial charge in [-0.1, -0.05) is 0 Å². The normalized spacial score (nSPS) is 18.6. The Balaban J connectivity index is 1.46. The van der Waals surface area contributed by atoms with Crippen LogP contribution in [-0.4, -0.2) is 75.4 Å². The van der Waals surface area contributed by atoms with Gasteiger partial charge in [-0.3, -0.25) is 24.2 Å². The standard InChI is InChI=1S/C26H33N7O3S/c1-17(2)32-10-3-4-19-14-18(5-8-27-19)26-30-22(16-37-26)24(34)29-21-15-33(20-6-12-36-13-7-20)31-23(21)25(35)28-9-11-32/h5,8,14-17,20H,3-4,6-7,9-13H2,1-2H3,(H,28,35)(H,29,34). The van der Waals surface area contributed by atoms with Gasteiger partial charge in [-0.25, -0.2) is 4.98 Å². The van der Waals surface area contributed by atoms with Gasteiger partial charge in [0.15, 0.2) is 5.69 Å². The Morgan fingerprint density at radius 2 is 2.00 bits per heavy atom. The van der Waals surface area contributed by atoms with E-state index >= 15 is 0 Å². The van der Waals surface area contributed by atoms with Crippen LogP contribution in [0.15, 0.2) is 29.9 Å². The molecule has 0 aliphatic carbocycles. The van der Waals surface area contributed by atoms with Gasteiger partial charge in [-0.2, -0.15) is 5.10 Å². The molecule has 5 heterocycles. The zero-order chi connectivity index (χ0) is 25.8. The number of ether oxygens (including phenoxy) is 1. The van der Waals surface area contributed by atoms with E-state index in [4.69, 9.17) is 4.74 Å². The van der Waals surface area contributed by atoms with Crippen LogP contribution < -0.4 is 10.6 Å². The molecule has 11 heteroatoms. The summed E-state index contributed by atoms with van der Waals surface area (Å²) < 4.78 is 7.27. The van der Waals surface area contributed by atoms with Crippen LogP contribution in [0.1, 0.15) is 65.8 Å². The number of nitrogens with zero attached hydrogens (tertiary/aromatic N) is 5. The van der Waals surface area contributed by atoms with E-state index in [1.165, 1.54) is 11.3 Å². The molecule has 196 valence electrons. The van der Waals surface area contributed by atoms with E-state index in [0.717, 1.165) is 55.0 Å². The number of thiazole rings is 1. The average molecular weight is 524 g/mol. The maximum atomic E-state index is 13.2. The summed E-state index contributed by atoms with van der Waals surface area (Å²) in [6.45, 7) is 7.73. The summed E-state index contributed by atoms with van der Waals surface area (Å²) in [6, 6.07) is 4.44. The molecule has 4 bridgehead atoms. The van der Waals surface area contributed by atoms with Crippen molar-refractivity contribution in [2.75, 3.05) is 38.2 Å². The highest BCUT2D eigenvalue weighted by Crippen LogP contribution is 2.27. The van der Waals surface area contributed by atoms with Crippen molar-refractivity contribution in [1.29, 1.82) is 0 Å². The van der Waals surface area contributed by atoms with E-state index in [1.807, 2.05) is 6.07 Å². The molecule has 1 saturated heterocycles. The lowest BCUT2D eigenvalue weighted by Crippen LogP contribution is -2.39. The first-order valence-electron chi connectivity index (χ1n) is 12.9. The molecule has 10 nitrogen and oxygen atoms in total. The van der Waals surface area contributed by atoms with Crippen LogP contribution in [0.2, 0.25) is 0 Å². The van der Waals surface area contributed by atoms with Gasteiger partial charge in [-0.05, 0) is 58.2 Å². The van der Waals surface area contributed by atoms with Crippen molar-refractivity contribution in [3.05, 3.63) is 47.0 Å². The lowest BCUT2D eigenvalue weighted by atomic mass is 10.1. The molecule has 37 heavy (non-hydrogen) atoms. The first kappa shape index (κ1) is 25.5. The predicted octanol–water partition coefficient (Wildman–Crippen LogP) is 3.39. The molecule has 5 rings (SSSR count). The minimum Gasteiger partial charge on any atom is -0.381 e. The van der Waals surface area contributed by atoms with Gasteiger partial charge in [-0.15, -0.1) is 11.3 Å². The average Bonchev–Trinajstić information content (AvgIpc) is 3.56. The molecular weight excluding hydrogens is 490 g/mol. The Kier molecular flexibility index (Phi) is 7.92. The van der Waals surface area contributed by atoms with Crippen LogP contribution in [-0.2, 0) is 11.2 Å². The molecule has 0 radical (unpaired) electrons. The minimum atomic E-state index is -0.371. The number of pyridine rings is 1. The van der Waals surface area contributed by atoms with Gasteiger partial charge >= 0.3 is 0 Å². The molecule has 3 aromatic heterocycles. The van der Waals surface area contributed by atoms with E-state index in [2.05, 4.69) is 50.5 Å². The Morgan fingerprint density at radius 1 is 1.16 bits per heavy atom. The number of fused-ring (bicyclic) bond motifs is 6. The molecule has 0 spiro atoms. The molecule has 2 N–H and O–H groups in total. The van der Waals surface area contributed by atoms with Gasteiger partial charge in [0.25, 0.3) is 11.8 Å². The summed E-state index contributed by atoms with van der Waals surface area (Å²) >= 11 is 1.41. The topological polar surface area (TPSA) is 114 Å². The fraction of sp³-hybridized carbons (Fsp3) is 0.500. The molecule has 2 amide bonds. The fourth-order valence-corrected chi connectivity index (χ4v) is 5.52. The maximum absolute atomic E-state index is 13.2. The van der Waals surface area contributed by atoms with Crippen molar-refractivity contribution in [3.8, 4) is 10.6 Å². The number of hydrogen-bond donors (Lipinski definition) is 2. The number of hydrogen-bond acceptors (Lipinski definition) is 8. The number of carbonyl (C=O) groups excluding carboxylic acids is 2. The van der Waals surface area contributed by atoms with Crippen molar-refractivity contribution in [3.63, 3.8) is 0 Å². The van der Waals surface area contributed by atoms with Crippen LogP contribution in [0.4, 0.5) is 5.69 Å². The van der Waals surface area contributed by atoms with Crippen LogP contribution in [0.5, 0.6) is 0 Å². The van der Waals surface area contributed by atoms with E-state index < -0.39 is 0 Å². The Labute approximate surface area is 220 Å². The van der Waals surface area contributed by atoms with Crippen molar-refractivity contribution in [2.45, 2.75) is 51.6 Å². The second-order valence-electron chi connectivity index (χ2n) is 9.73. The van der Waals surface area contributed by atoms with Crippen molar-refractivity contribution >= 4 is 28.8 Å². The number of rotatable bonds is 2. The Hall–Kier alpha value is -3.15. The monoisotopic (exact) mass is 523 g/mol. The van der Waals surface area contributed by atoms with Gasteiger partial charge < -0.3 is 15.4 Å². The number of nitrogens with one attached hydrogen (secondary N) is 2. The zero-order valence-electron chi connectivity index (χ0n) is 21.3. The smallest absolute Gasteiger partial charge is 0.275 e. The summed E-state index contributed by atoms with van der Waals surface area (Å²) in [7, 11) is 0. The maximum Gasteiger partial charge on any atom is 0.275 e. The van der Waals surface area contributed by atoms with Crippen LogP contribution in [0.3, 0.4) is 0 Å². The largest absolute Gasteiger partial charge is 0.381 e. The highest BCUT2D eigenvalue weighted by atomic mass is 32.1. The van der Waals surface area contributed by atoms with Crippen molar-refractivity contribution in [1.82, 2.24) is 30.0 Å². The molecule has 3 aromatic rings. The third kappa shape index (κ3) is 6.06. The third-order valence-electron chi connectivity index (χ3n) is 6.85. The van der Waals surface area contributed by atoms with E-state index in [9.17, 15) is 9.59 Å². The van der Waals surface area contributed by atoms with Gasteiger partial charge in [0.05, 0.1) is 11.7 Å². The second-order valence-corrected chi connectivity index (χ2v) is 10.6. The lowest BCUT2D eigenvalue weighted by Gasteiger charge is -2.26. The highest BCUT2D eigenvalue weighted by Gasteiger charge is 2.25. The molecule has 2 aliphatic heterocycles. The summed E-state index contributed by atoms with van der Waals surface area (Å²) in [4.78, 5) is 37.8. The minimum absolute atomic E-state index is 0.121. The zero-order valence-corrected chi connectivity index (χ0v) is 22.1. The number of amides is 2. The molecular formula is C26H33N7O3S. The van der Waals surface area contributed by atoms with Crippen molar-refractivity contribution < 1.29 is 14.3 Å². The van der Waals surface area contributed by atoms with E-state index in [1.54, 1.807) is 22.5 Å². The first-order valence-corrected chi connectivity index (χ1v) is 13.8. The van der Waals surface area contributed by atoms with Crippen LogP contribution in [0.25, 0.3) is 10.6 Å². The van der Waals surface area contributed by atoms with E-state index in [0.29, 0.717) is 37.2 Å². The molecule has 1 fully saturated rings. The SMILES string of the molecule is CC(C)N1CCCc2cc(ccn2)-c2nc(cs2)C(=O)Nc2cn(C3CCOCC3)nc2C(=O)NCC1. The number of aromatic nitrogens is 4. The fourth-order valence-electron chi connectivity index (χ4n) is 4.72. The first-order chi connectivity index (χ1) is 18.0. The van der Waals surface area contributed by atoms with E-state index in [-0.39, 0.29) is 23.6 Å². The quantitative estimate of drug-likeness (QED) is 0.529. The third-order valence-corrected chi connectivity index (χ3v) is 7.74. The summed E-state index contributed by atoms with van der Waals surface area (Å²) in [6.07, 6.45) is 6.97. The second kappa shape index (κ2) is 11.5. The molecule has 0 saturated carbocycles. The molecule has 0 aromatic carbocycles.